The number of guanidine groups is 1. The van der Waals surface area contributed by atoms with Gasteiger partial charge in [-0.1, -0.05) is 30.3 Å². The van der Waals surface area contributed by atoms with Crippen LogP contribution in [0.3, 0.4) is 0 Å². The van der Waals surface area contributed by atoms with Crippen molar-refractivity contribution < 1.29 is 13.2 Å². The standard InChI is InChI=1S/C19H20F3N5/c20-19(21,22)18(15-3-1-2-4-16(15)25-17(23)26-18)13-5-7-14(8-6-13)27-11-9-24-10-12-27/h1-8,24H,9-12H2,(H3,23,25,26). The molecule has 0 aliphatic carbocycles. The lowest BCUT2D eigenvalue weighted by atomic mass is 9.80. The van der Waals surface area contributed by atoms with Crippen LogP contribution in [0.2, 0.25) is 0 Å². The van der Waals surface area contributed by atoms with Crippen LogP contribution < -0.4 is 21.3 Å². The number of benzene rings is 2. The zero-order valence-electron chi connectivity index (χ0n) is 14.6. The van der Waals surface area contributed by atoms with Gasteiger partial charge in [0.2, 0.25) is 0 Å². The van der Waals surface area contributed by atoms with Gasteiger partial charge in [-0.25, -0.2) is 4.99 Å². The van der Waals surface area contributed by atoms with Crippen molar-refractivity contribution >= 4 is 17.3 Å². The van der Waals surface area contributed by atoms with E-state index >= 15 is 0 Å². The lowest BCUT2D eigenvalue weighted by molar-refractivity contribution is -0.183. The Kier molecular flexibility index (Phi) is 4.22. The van der Waals surface area contributed by atoms with Gasteiger partial charge in [-0.2, -0.15) is 13.2 Å². The van der Waals surface area contributed by atoms with Gasteiger partial charge in [-0.3, -0.25) is 0 Å². The minimum atomic E-state index is -4.61. The Labute approximate surface area is 155 Å². The summed E-state index contributed by atoms with van der Waals surface area (Å²) in [5, 5.41) is 5.68. The summed E-state index contributed by atoms with van der Waals surface area (Å²) in [4.78, 5) is 6.19. The molecule has 4 rings (SSSR count). The second kappa shape index (κ2) is 6.45. The van der Waals surface area contributed by atoms with E-state index in [9.17, 15) is 13.2 Å². The number of rotatable bonds is 2. The van der Waals surface area contributed by atoms with E-state index in [1.54, 1.807) is 30.3 Å². The van der Waals surface area contributed by atoms with Gasteiger partial charge in [0.1, 0.15) is 0 Å². The Morgan fingerprint density at radius 1 is 1.00 bits per heavy atom. The maximum absolute atomic E-state index is 14.4. The molecular weight excluding hydrogens is 355 g/mol. The molecule has 2 aliphatic heterocycles. The highest BCUT2D eigenvalue weighted by Gasteiger charge is 2.59. The number of halogens is 3. The molecular formula is C19H20F3N5. The molecule has 1 unspecified atom stereocenters. The fraction of sp³-hybridized carbons (Fsp3) is 0.316. The molecule has 2 heterocycles. The van der Waals surface area contributed by atoms with Crippen molar-refractivity contribution in [2.24, 2.45) is 10.7 Å². The first-order valence-corrected chi connectivity index (χ1v) is 8.76. The average Bonchev–Trinajstić information content (AvgIpc) is 2.67. The third-order valence-corrected chi connectivity index (χ3v) is 5.07. The zero-order chi connectivity index (χ0) is 19.1. The number of para-hydroxylation sites is 1. The average molecular weight is 375 g/mol. The summed E-state index contributed by atoms with van der Waals surface area (Å²) < 4.78 is 43.2. The first kappa shape index (κ1) is 17.7. The van der Waals surface area contributed by atoms with Gasteiger partial charge in [0.25, 0.3) is 0 Å². The molecule has 5 nitrogen and oxygen atoms in total. The first-order chi connectivity index (χ1) is 12.9. The highest BCUT2D eigenvalue weighted by atomic mass is 19.4. The second-order valence-electron chi connectivity index (χ2n) is 6.67. The Bertz CT molecular complexity index is 856. The molecule has 0 bridgehead atoms. The topological polar surface area (TPSA) is 65.7 Å². The summed E-state index contributed by atoms with van der Waals surface area (Å²) in [5.41, 5.74) is 4.55. The molecule has 142 valence electrons. The van der Waals surface area contributed by atoms with Crippen molar-refractivity contribution in [3.63, 3.8) is 0 Å². The van der Waals surface area contributed by atoms with Gasteiger partial charge in [-0.15, -0.1) is 0 Å². The molecule has 1 saturated heterocycles. The van der Waals surface area contributed by atoms with E-state index in [2.05, 4.69) is 20.5 Å². The number of nitrogens with two attached hydrogens (primary N) is 1. The summed E-state index contributed by atoms with van der Waals surface area (Å²) in [5.74, 6) is -0.253. The molecule has 0 amide bonds. The number of nitrogens with zero attached hydrogens (tertiary/aromatic N) is 2. The number of aliphatic imine (C=N–C) groups is 1. The van der Waals surface area contributed by atoms with Gasteiger partial charge in [0.05, 0.1) is 5.69 Å². The summed E-state index contributed by atoms with van der Waals surface area (Å²) in [6, 6.07) is 12.7. The van der Waals surface area contributed by atoms with E-state index in [1.807, 2.05) is 0 Å². The van der Waals surface area contributed by atoms with Gasteiger partial charge in [0, 0.05) is 37.4 Å². The third-order valence-electron chi connectivity index (χ3n) is 5.07. The number of alkyl halides is 3. The number of piperazine rings is 1. The maximum Gasteiger partial charge on any atom is 0.420 e. The fourth-order valence-electron chi connectivity index (χ4n) is 3.77. The molecule has 1 fully saturated rings. The number of fused-ring (bicyclic) bond motifs is 1. The normalized spacial score (nSPS) is 22.6. The smallest absolute Gasteiger partial charge is 0.370 e. The molecule has 2 aromatic rings. The molecule has 2 aliphatic rings. The third kappa shape index (κ3) is 2.90. The summed E-state index contributed by atoms with van der Waals surface area (Å²) in [6.45, 7) is 3.36. The Morgan fingerprint density at radius 3 is 2.33 bits per heavy atom. The van der Waals surface area contributed by atoms with Crippen molar-refractivity contribution in [2.45, 2.75) is 11.7 Å². The Balaban J connectivity index is 1.81. The SMILES string of the molecule is NC1=Nc2ccccc2C(c2ccc(N3CCNCC3)cc2)(C(F)(F)F)N1. The summed E-state index contributed by atoms with van der Waals surface area (Å²) >= 11 is 0. The van der Waals surface area contributed by atoms with Crippen LogP contribution in [-0.4, -0.2) is 38.3 Å². The summed E-state index contributed by atoms with van der Waals surface area (Å²) in [6.07, 6.45) is -4.61. The van der Waals surface area contributed by atoms with Gasteiger partial charge in [0.15, 0.2) is 11.5 Å². The van der Waals surface area contributed by atoms with Crippen molar-refractivity contribution in [1.29, 1.82) is 0 Å². The highest BCUT2D eigenvalue weighted by Crippen LogP contribution is 2.48. The molecule has 0 radical (unpaired) electrons. The molecule has 0 saturated carbocycles. The van der Waals surface area contributed by atoms with E-state index in [4.69, 9.17) is 5.73 Å². The van der Waals surface area contributed by atoms with Crippen molar-refractivity contribution in [1.82, 2.24) is 10.6 Å². The molecule has 1 atom stereocenters. The van der Waals surface area contributed by atoms with Crippen molar-refractivity contribution in [3.05, 3.63) is 59.7 Å². The molecule has 0 spiro atoms. The van der Waals surface area contributed by atoms with E-state index in [0.717, 1.165) is 31.9 Å². The van der Waals surface area contributed by atoms with E-state index in [1.165, 1.54) is 18.2 Å². The number of hydrogen-bond donors (Lipinski definition) is 3. The van der Waals surface area contributed by atoms with Crippen LogP contribution in [0.25, 0.3) is 0 Å². The fourth-order valence-corrected chi connectivity index (χ4v) is 3.77. The quantitative estimate of drug-likeness (QED) is 0.755. The van der Waals surface area contributed by atoms with Crippen LogP contribution in [0, 0.1) is 0 Å². The van der Waals surface area contributed by atoms with Gasteiger partial charge >= 0.3 is 6.18 Å². The highest BCUT2D eigenvalue weighted by molar-refractivity contribution is 5.86. The van der Waals surface area contributed by atoms with Crippen molar-refractivity contribution in [2.75, 3.05) is 31.1 Å². The largest absolute Gasteiger partial charge is 0.420 e. The minimum Gasteiger partial charge on any atom is -0.370 e. The van der Waals surface area contributed by atoms with Gasteiger partial charge in [-0.05, 0) is 23.8 Å². The van der Waals surface area contributed by atoms with E-state index in [-0.39, 0.29) is 22.8 Å². The lowest BCUT2D eigenvalue weighted by Crippen LogP contribution is -2.60. The Hall–Kier alpha value is -2.74. The number of anilines is 1. The van der Waals surface area contributed by atoms with Crippen molar-refractivity contribution in [3.8, 4) is 0 Å². The number of hydrogen-bond acceptors (Lipinski definition) is 5. The minimum absolute atomic E-state index is 0.0432. The molecule has 27 heavy (non-hydrogen) atoms. The first-order valence-electron chi connectivity index (χ1n) is 8.76. The number of nitrogens with one attached hydrogen (secondary N) is 2. The Morgan fingerprint density at radius 2 is 1.67 bits per heavy atom. The van der Waals surface area contributed by atoms with Crippen LogP contribution in [0.4, 0.5) is 24.5 Å². The monoisotopic (exact) mass is 375 g/mol. The van der Waals surface area contributed by atoms with Crippen LogP contribution in [-0.2, 0) is 5.54 Å². The molecule has 4 N–H and O–H groups in total. The maximum atomic E-state index is 14.4. The molecule has 8 heteroatoms. The van der Waals surface area contributed by atoms with Crippen LogP contribution in [0.15, 0.2) is 53.5 Å². The van der Waals surface area contributed by atoms with E-state index in [0.29, 0.717) is 0 Å². The van der Waals surface area contributed by atoms with Gasteiger partial charge < -0.3 is 21.3 Å². The zero-order valence-corrected chi connectivity index (χ0v) is 14.6. The van der Waals surface area contributed by atoms with Crippen LogP contribution >= 0.6 is 0 Å². The second-order valence-corrected chi connectivity index (χ2v) is 6.67. The lowest BCUT2D eigenvalue weighted by Gasteiger charge is -2.40. The van der Waals surface area contributed by atoms with Crippen LogP contribution in [0.5, 0.6) is 0 Å². The van der Waals surface area contributed by atoms with Crippen LogP contribution in [0.1, 0.15) is 11.1 Å². The molecule has 0 aromatic heterocycles. The van der Waals surface area contributed by atoms with E-state index < -0.39 is 11.7 Å². The predicted octanol–water partition coefficient (Wildman–Crippen LogP) is 2.45. The summed E-state index contributed by atoms with van der Waals surface area (Å²) in [7, 11) is 0. The molecule has 2 aromatic carbocycles. The predicted molar refractivity (Wildman–Crippen MR) is 99.2 cm³/mol.